The molecule has 2 rings (SSSR count). The Bertz CT molecular complexity index is 246. The van der Waals surface area contributed by atoms with Gasteiger partial charge in [0.25, 0.3) is 0 Å². The largest absolute Gasteiger partial charge is 0.342 e. The third kappa shape index (κ3) is 2.76. The highest BCUT2D eigenvalue weighted by molar-refractivity contribution is 5.79. The molecule has 2 unspecified atom stereocenters. The van der Waals surface area contributed by atoms with Gasteiger partial charge in [-0.1, -0.05) is 13.3 Å². The molecule has 0 radical (unpaired) electrons. The molecular weight excluding hydrogens is 200 g/mol. The maximum Gasteiger partial charge on any atom is 0.225 e. The van der Waals surface area contributed by atoms with E-state index in [0.717, 1.165) is 44.7 Å². The quantitative estimate of drug-likeness (QED) is 0.737. The fraction of sp³-hybridized carbons (Fsp3) is 0.923. The second kappa shape index (κ2) is 5.17. The number of hydrogen-bond acceptors (Lipinski definition) is 2. The number of amides is 1. The fourth-order valence-corrected chi connectivity index (χ4v) is 2.94. The lowest BCUT2D eigenvalue weighted by atomic mass is 9.84. The SMILES string of the molecule is CC1CCN(C(=O)C2CCCC(N)C2)CC1. The van der Waals surface area contributed by atoms with Crippen LogP contribution in [-0.2, 0) is 4.79 Å². The molecule has 1 saturated carbocycles. The normalized spacial score (nSPS) is 32.8. The topological polar surface area (TPSA) is 46.3 Å². The number of hydrogen-bond donors (Lipinski definition) is 1. The first-order chi connectivity index (χ1) is 7.66. The number of piperidine rings is 1. The zero-order chi connectivity index (χ0) is 11.5. The van der Waals surface area contributed by atoms with Crippen LogP contribution in [0.25, 0.3) is 0 Å². The van der Waals surface area contributed by atoms with Crippen LogP contribution in [0.2, 0.25) is 0 Å². The first-order valence-corrected chi connectivity index (χ1v) is 6.71. The van der Waals surface area contributed by atoms with E-state index in [2.05, 4.69) is 11.8 Å². The van der Waals surface area contributed by atoms with Gasteiger partial charge >= 0.3 is 0 Å². The van der Waals surface area contributed by atoms with Gasteiger partial charge in [-0.25, -0.2) is 0 Å². The van der Waals surface area contributed by atoms with Gasteiger partial charge in [-0.05, 0) is 38.0 Å². The van der Waals surface area contributed by atoms with Gasteiger partial charge in [-0.3, -0.25) is 4.79 Å². The van der Waals surface area contributed by atoms with Crippen molar-refractivity contribution in [3.05, 3.63) is 0 Å². The van der Waals surface area contributed by atoms with E-state index in [1.54, 1.807) is 0 Å². The fourth-order valence-electron chi connectivity index (χ4n) is 2.94. The summed E-state index contributed by atoms with van der Waals surface area (Å²) in [5.74, 6) is 1.39. The highest BCUT2D eigenvalue weighted by Crippen LogP contribution is 2.26. The Balaban J connectivity index is 1.86. The van der Waals surface area contributed by atoms with E-state index in [1.807, 2.05) is 0 Å². The summed E-state index contributed by atoms with van der Waals surface area (Å²) < 4.78 is 0. The Kier molecular flexibility index (Phi) is 3.85. The minimum Gasteiger partial charge on any atom is -0.342 e. The van der Waals surface area contributed by atoms with Crippen molar-refractivity contribution in [3.63, 3.8) is 0 Å². The molecular formula is C13H24N2O. The smallest absolute Gasteiger partial charge is 0.225 e. The van der Waals surface area contributed by atoms with Crippen LogP contribution >= 0.6 is 0 Å². The van der Waals surface area contributed by atoms with E-state index in [4.69, 9.17) is 5.73 Å². The van der Waals surface area contributed by atoms with Gasteiger partial charge in [-0.2, -0.15) is 0 Å². The number of carbonyl (C=O) groups excluding carboxylic acids is 1. The van der Waals surface area contributed by atoms with Gasteiger partial charge in [0.05, 0.1) is 0 Å². The molecule has 1 saturated heterocycles. The Labute approximate surface area is 98.4 Å². The van der Waals surface area contributed by atoms with Crippen LogP contribution in [-0.4, -0.2) is 29.9 Å². The van der Waals surface area contributed by atoms with E-state index >= 15 is 0 Å². The van der Waals surface area contributed by atoms with Crippen molar-refractivity contribution in [1.82, 2.24) is 4.90 Å². The molecule has 92 valence electrons. The summed E-state index contributed by atoms with van der Waals surface area (Å²) in [7, 11) is 0. The summed E-state index contributed by atoms with van der Waals surface area (Å²) in [6, 6.07) is 0.256. The van der Waals surface area contributed by atoms with Crippen LogP contribution in [0.4, 0.5) is 0 Å². The second-order valence-electron chi connectivity index (χ2n) is 5.63. The summed E-state index contributed by atoms with van der Waals surface area (Å²) in [5.41, 5.74) is 5.94. The standard InChI is InChI=1S/C13H24N2O/c1-10-5-7-15(8-6-10)13(16)11-3-2-4-12(14)9-11/h10-12H,2-9,14H2,1H3. The molecule has 1 heterocycles. The van der Waals surface area contributed by atoms with Gasteiger partial charge in [0.1, 0.15) is 0 Å². The third-order valence-electron chi connectivity index (χ3n) is 4.16. The van der Waals surface area contributed by atoms with Crippen molar-refractivity contribution < 1.29 is 4.79 Å². The van der Waals surface area contributed by atoms with Crippen molar-refractivity contribution in [3.8, 4) is 0 Å². The van der Waals surface area contributed by atoms with Crippen molar-refractivity contribution >= 4 is 5.91 Å². The zero-order valence-electron chi connectivity index (χ0n) is 10.3. The number of nitrogens with two attached hydrogens (primary N) is 1. The van der Waals surface area contributed by atoms with Crippen LogP contribution < -0.4 is 5.73 Å². The Morgan fingerprint density at radius 2 is 1.88 bits per heavy atom. The van der Waals surface area contributed by atoms with Gasteiger partial charge in [-0.15, -0.1) is 0 Å². The first-order valence-electron chi connectivity index (χ1n) is 6.71. The molecule has 1 aliphatic heterocycles. The van der Waals surface area contributed by atoms with Crippen molar-refractivity contribution in [2.24, 2.45) is 17.6 Å². The molecule has 0 aromatic rings. The second-order valence-corrected chi connectivity index (χ2v) is 5.63. The molecule has 0 bridgehead atoms. The van der Waals surface area contributed by atoms with E-state index in [-0.39, 0.29) is 12.0 Å². The predicted octanol–water partition coefficient (Wildman–Crippen LogP) is 1.76. The van der Waals surface area contributed by atoms with Gasteiger partial charge in [0, 0.05) is 25.0 Å². The highest BCUT2D eigenvalue weighted by Gasteiger charge is 2.30. The number of nitrogens with zero attached hydrogens (tertiary/aromatic N) is 1. The first kappa shape index (κ1) is 11.9. The highest BCUT2D eigenvalue weighted by atomic mass is 16.2. The van der Waals surface area contributed by atoms with Crippen LogP contribution in [0.5, 0.6) is 0 Å². The lowest BCUT2D eigenvalue weighted by Gasteiger charge is -2.35. The molecule has 16 heavy (non-hydrogen) atoms. The molecule has 0 spiro atoms. The molecule has 2 fully saturated rings. The Morgan fingerprint density at radius 3 is 2.50 bits per heavy atom. The van der Waals surface area contributed by atoms with Crippen molar-refractivity contribution in [1.29, 1.82) is 0 Å². The van der Waals surface area contributed by atoms with E-state index in [1.165, 1.54) is 12.8 Å². The maximum absolute atomic E-state index is 12.3. The molecule has 1 aliphatic carbocycles. The molecule has 3 heteroatoms. The summed E-state index contributed by atoms with van der Waals surface area (Å²) in [5, 5.41) is 0. The Morgan fingerprint density at radius 1 is 1.19 bits per heavy atom. The molecule has 3 nitrogen and oxygen atoms in total. The van der Waals surface area contributed by atoms with Crippen molar-refractivity contribution in [2.75, 3.05) is 13.1 Å². The third-order valence-corrected chi connectivity index (χ3v) is 4.16. The van der Waals surface area contributed by atoms with Crippen LogP contribution in [0.15, 0.2) is 0 Å². The van der Waals surface area contributed by atoms with Gasteiger partial charge in [0.2, 0.25) is 5.91 Å². The molecule has 1 amide bonds. The van der Waals surface area contributed by atoms with E-state index in [0.29, 0.717) is 5.91 Å². The van der Waals surface area contributed by atoms with Crippen molar-refractivity contribution in [2.45, 2.75) is 51.5 Å². The lowest BCUT2D eigenvalue weighted by Crippen LogP contribution is -2.44. The summed E-state index contributed by atoms with van der Waals surface area (Å²) in [4.78, 5) is 14.3. The molecule has 0 aromatic carbocycles. The zero-order valence-corrected chi connectivity index (χ0v) is 10.3. The van der Waals surface area contributed by atoms with Crippen LogP contribution in [0.3, 0.4) is 0 Å². The van der Waals surface area contributed by atoms with Gasteiger partial charge in [0.15, 0.2) is 0 Å². The van der Waals surface area contributed by atoms with E-state index in [9.17, 15) is 4.79 Å². The number of rotatable bonds is 1. The lowest BCUT2D eigenvalue weighted by molar-refractivity contribution is -0.138. The maximum atomic E-state index is 12.3. The minimum absolute atomic E-state index is 0.220. The average Bonchev–Trinajstić information content (AvgIpc) is 2.29. The minimum atomic E-state index is 0.220. The summed E-state index contributed by atoms with van der Waals surface area (Å²) in [6.45, 7) is 4.20. The molecule has 0 aromatic heterocycles. The predicted molar refractivity (Wildman–Crippen MR) is 64.9 cm³/mol. The summed E-state index contributed by atoms with van der Waals surface area (Å²) >= 11 is 0. The van der Waals surface area contributed by atoms with E-state index < -0.39 is 0 Å². The average molecular weight is 224 g/mol. The van der Waals surface area contributed by atoms with Gasteiger partial charge < -0.3 is 10.6 Å². The molecule has 2 atom stereocenters. The number of carbonyl (C=O) groups is 1. The van der Waals surface area contributed by atoms with Crippen LogP contribution in [0, 0.1) is 11.8 Å². The summed E-state index contributed by atoms with van der Waals surface area (Å²) in [6.07, 6.45) is 6.53. The number of likely N-dealkylation sites (tertiary alicyclic amines) is 1. The van der Waals surface area contributed by atoms with Crippen LogP contribution in [0.1, 0.15) is 45.4 Å². The monoisotopic (exact) mass is 224 g/mol. The Hall–Kier alpha value is -0.570. The molecule has 2 aliphatic rings. The molecule has 2 N–H and O–H groups in total.